The van der Waals surface area contributed by atoms with Crippen LogP contribution < -0.4 is 15.4 Å². The van der Waals surface area contributed by atoms with Crippen LogP contribution in [0.2, 0.25) is 5.02 Å². The molecule has 2 rings (SSSR count). The lowest BCUT2D eigenvalue weighted by Gasteiger charge is -2.17. The number of hydrogen-bond donors (Lipinski definition) is 2. The third-order valence-corrected chi connectivity index (χ3v) is 5.77. The van der Waals surface area contributed by atoms with Crippen LogP contribution in [0.15, 0.2) is 41.3 Å². The molecule has 2 aromatic carbocycles. The molecular weight excluding hydrogens is 420 g/mol. The van der Waals surface area contributed by atoms with Crippen molar-refractivity contribution in [3.63, 3.8) is 0 Å². The largest absolute Gasteiger partial charge is 0.495 e. The van der Waals surface area contributed by atoms with Crippen LogP contribution in [0.4, 0.5) is 11.4 Å². The number of methoxy groups -OCH3 is 1. The molecule has 0 aliphatic rings. The zero-order valence-electron chi connectivity index (χ0n) is 18.3. The standard InChI is InChI=1S/C23H29ClN2O3S/c1-14-11-19(20(29-6)12-18(14)24)26-22(28)15(2)30-17-9-7-16(8-10-17)25-21(27)13-23(3,4)5/h7-12,15H,13H2,1-6H3,(H,25,27)(H,26,28). The van der Waals surface area contributed by atoms with Gasteiger partial charge in [0.05, 0.1) is 18.0 Å². The Kier molecular flexibility index (Phi) is 8.21. The van der Waals surface area contributed by atoms with Crippen molar-refractivity contribution in [2.24, 2.45) is 5.41 Å². The van der Waals surface area contributed by atoms with Crippen molar-refractivity contribution < 1.29 is 14.3 Å². The highest BCUT2D eigenvalue weighted by Gasteiger charge is 2.18. The number of nitrogens with one attached hydrogen (secondary N) is 2. The number of ether oxygens (including phenoxy) is 1. The SMILES string of the molecule is COc1cc(Cl)c(C)cc1NC(=O)C(C)Sc1ccc(NC(=O)CC(C)(C)C)cc1. The molecule has 0 saturated carbocycles. The van der Waals surface area contributed by atoms with E-state index in [4.69, 9.17) is 16.3 Å². The summed E-state index contributed by atoms with van der Waals surface area (Å²) in [6, 6.07) is 11.0. The molecule has 0 fully saturated rings. The number of halogens is 1. The number of carbonyl (C=O) groups excluding carboxylic acids is 2. The maximum Gasteiger partial charge on any atom is 0.237 e. The van der Waals surface area contributed by atoms with Crippen molar-refractivity contribution in [2.75, 3.05) is 17.7 Å². The molecule has 0 heterocycles. The van der Waals surface area contributed by atoms with E-state index >= 15 is 0 Å². The van der Waals surface area contributed by atoms with Crippen LogP contribution in [0.25, 0.3) is 0 Å². The third kappa shape index (κ3) is 7.26. The first-order chi connectivity index (χ1) is 14.0. The summed E-state index contributed by atoms with van der Waals surface area (Å²) in [5.41, 5.74) is 2.13. The van der Waals surface area contributed by atoms with Gasteiger partial charge in [0.1, 0.15) is 5.75 Å². The fourth-order valence-corrected chi connectivity index (χ4v) is 3.75. The zero-order valence-corrected chi connectivity index (χ0v) is 19.8. The minimum atomic E-state index is -0.327. The van der Waals surface area contributed by atoms with E-state index in [-0.39, 0.29) is 22.5 Å². The second-order valence-electron chi connectivity index (χ2n) is 8.36. The molecule has 5 nitrogen and oxygen atoms in total. The average Bonchev–Trinajstić information content (AvgIpc) is 2.64. The molecule has 2 N–H and O–H groups in total. The predicted molar refractivity (Wildman–Crippen MR) is 126 cm³/mol. The van der Waals surface area contributed by atoms with E-state index in [1.165, 1.54) is 18.9 Å². The van der Waals surface area contributed by atoms with Gasteiger partial charge in [0.15, 0.2) is 0 Å². The summed E-state index contributed by atoms with van der Waals surface area (Å²) >= 11 is 7.56. The molecule has 1 atom stereocenters. The lowest BCUT2D eigenvalue weighted by atomic mass is 9.92. The minimum absolute atomic E-state index is 0.0112. The molecule has 1 unspecified atom stereocenters. The highest BCUT2D eigenvalue weighted by molar-refractivity contribution is 8.00. The average molecular weight is 449 g/mol. The van der Waals surface area contributed by atoms with Crippen molar-refractivity contribution in [3.8, 4) is 5.75 Å². The van der Waals surface area contributed by atoms with Gasteiger partial charge >= 0.3 is 0 Å². The fourth-order valence-electron chi connectivity index (χ4n) is 2.73. The Balaban J connectivity index is 1.97. The monoisotopic (exact) mass is 448 g/mol. The Labute approximate surface area is 187 Å². The highest BCUT2D eigenvalue weighted by atomic mass is 35.5. The van der Waals surface area contributed by atoms with Gasteiger partial charge < -0.3 is 15.4 Å². The molecule has 30 heavy (non-hydrogen) atoms. The maximum absolute atomic E-state index is 12.6. The van der Waals surface area contributed by atoms with E-state index in [1.807, 2.05) is 58.9 Å². The summed E-state index contributed by atoms with van der Waals surface area (Å²) < 4.78 is 5.31. The third-order valence-electron chi connectivity index (χ3n) is 4.25. The Morgan fingerprint density at radius 2 is 1.77 bits per heavy atom. The molecule has 0 radical (unpaired) electrons. The molecule has 2 aromatic rings. The second kappa shape index (κ2) is 10.2. The van der Waals surface area contributed by atoms with E-state index in [1.54, 1.807) is 12.1 Å². The van der Waals surface area contributed by atoms with Crippen molar-refractivity contribution in [1.29, 1.82) is 0 Å². The maximum atomic E-state index is 12.6. The van der Waals surface area contributed by atoms with Crippen molar-refractivity contribution in [3.05, 3.63) is 47.0 Å². The van der Waals surface area contributed by atoms with Crippen LogP contribution >= 0.6 is 23.4 Å². The smallest absolute Gasteiger partial charge is 0.237 e. The normalized spacial score (nSPS) is 12.2. The van der Waals surface area contributed by atoms with E-state index in [0.717, 1.165) is 16.1 Å². The lowest BCUT2D eigenvalue weighted by molar-refractivity contribution is -0.118. The summed E-state index contributed by atoms with van der Waals surface area (Å²) in [4.78, 5) is 25.6. The predicted octanol–water partition coefficient (Wildman–Crippen LogP) is 6.15. The van der Waals surface area contributed by atoms with Crippen molar-refractivity contribution in [2.45, 2.75) is 51.2 Å². The quantitative estimate of drug-likeness (QED) is 0.498. The highest BCUT2D eigenvalue weighted by Crippen LogP contribution is 2.32. The summed E-state index contributed by atoms with van der Waals surface area (Å²) in [6.07, 6.45) is 0.453. The molecular formula is C23H29ClN2O3S. The number of aryl methyl sites for hydroxylation is 1. The van der Waals surface area contributed by atoms with Crippen LogP contribution in [0.5, 0.6) is 5.75 Å². The van der Waals surface area contributed by atoms with E-state index in [0.29, 0.717) is 22.9 Å². The molecule has 2 amide bonds. The Bertz CT molecular complexity index is 908. The Morgan fingerprint density at radius 1 is 1.13 bits per heavy atom. The minimum Gasteiger partial charge on any atom is -0.495 e. The first-order valence-electron chi connectivity index (χ1n) is 9.70. The number of thioether (sulfide) groups is 1. The van der Waals surface area contributed by atoms with Gasteiger partial charge in [-0.1, -0.05) is 32.4 Å². The van der Waals surface area contributed by atoms with Gasteiger partial charge in [-0.15, -0.1) is 11.8 Å². The molecule has 0 aliphatic carbocycles. The molecule has 0 bridgehead atoms. The fraction of sp³-hybridized carbons (Fsp3) is 0.391. The number of carbonyl (C=O) groups is 2. The van der Waals surface area contributed by atoms with Gasteiger partial charge in [-0.25, -0.2) is 0 Å². The van der Waals surface area contributed by atoms with Crippen molar-refractivity contribution >= 4 is 46.6 Å². The zero-order chi connectivity index (χ0) is 22.5. The van der Waals surface area contributed by atoms with E-state index in [9.17, 15) is 9.59 Å². The van der Waals surface area contributed by atoms with Crippen LogP contribution in [0, 0.1) is 12.3 Å². The number of anilines is 2. The number of rotatable bonds is 7. The first-order valence-corrected chi connectivity index (χ1v) is 11.0. The van der Waals surface area contributed by atoms with Crippen LogP contribution in [0.3, 0.4) is 0 Å². The molecule has 0 aliphatic heterocycles. The summed E-state index contributed by atoms with van der Waals surface area (Å²) in [5.74, 6) is 0.372. The van der Waals surface area contributed by atoms with Gasteiger partial charge in [-0.05, 0) is 55.2 Å². The Morgan fingerprint density at radius 3 is 2.33 bits per heavy atom. The first kappa shape index (κ1) is 24.1. The van der Waals surface area contributed by atoms with E-state index < -0.39 is 0 Å². The number of benzene rings is 2. The second-order valence-corrected chi connectivity index (χ2v) is 10.2. The van der Waals surface area contributed by atoms with Crippen molar-refractivity contribution in [1.82, 2.24) is 0 Å². The molecule has 0 saturated heterocycles. The number of hydrogen-bond acceptors (Lipinski definition) is 4. The molecule has 162 valence electrons. The van der Waals surface area contributed by atoms with E-state index in [2.05, 4.69) is 10.6 Å². The summed E-state index contributed by atoms with van der Waals surface area (Å²) in [6.45, 7) is 9.80. The van der Waals surface area contributed by atoms with Gasteiger partial charge in [0.25, 0.3) is 0 Å². The van der Waals surface area contributed by atoms with Crippen LogP contribution in [-0.2, 0) is 9.59 Å². The molecule has 0 aromatic heterocycles. The summed E-state index contributed by atoms with van der Waals surface area (Å²) in [7, 11) is 1.54. The number of amides is 2. The topological polar surface area (TPSA) is 67.4 Å². The van der Waals surface area contributed by atoms with Gasteiger partial charge in [-0.3, -0.25) is 9.59 Å². The molecule has 7 heteroatoms. The van der Waals surface area contributed by atoms with Gasteiger partial charge in [0.2, 0.25) is 11.8 Å². The van der Waals surface area contributed by atoms with Gasteiger partial charge in [-0.2, -0.15) is 0 Å². The van der Waals surface area contributed by atoms with Crippen LogP contribution in [0.1, 0.15) is 39.7 Å². The van der Waals surface area contributed by atoms with Gasteiger partial charge in [0, 0.05) is 28.1 Å². The Hall–Kier alpha value is -2.18. The molecule has 0 spiro atoms. The lowest BCUT2D eigenvalue weighted by Crippen LogP contribution is -2.22. The summed E-state index contributed by atoms with van der Waals surface area (Å²) in [5, 5.41) is 6.07. The van der Waals surface area contributed by atoms with Crippen LogP contribution in [-0.4, -0.2) is 24.2 Å².